The molecule has 0 amide bonds. The summed E-state index contributed by atoms with van der Waals surface area (Å²) in [5.74, 6) is 0.723. The van der Waals surface area contributed by atoms with E-state index in [4.69, 9.17) is 0 Å². The molecule has 2 fully saturated rings. The van der Waals surface area contributed by atoms with E-state index in [2.05, 4.69) is 54.5 Å². The normalized spacial score (nSPS) is 39.4. The maximum absolute atomic E-state index is 13.2. The van der Waals surface area contributed by atoms with Gasteiger partial charge in [-0.2, -0.15) is 5.26 Å². The van der Waals surface area contributed by atoms with E-state index in [1.54, 1.807) is 6.92 Å². The standard InChI is InChI=1S/C33H53NO3/c1-22-18-28(3,4)13-15-33(22,21-35)16-14-29(5,6)32(10)12-11-25-30(7,8)27(37)24(20-34)19-31(25,9)26(32)17-23(2)36/h19,22,25-26,35H,11-18,21H2,1-10H3/t22?,25-,26+,31-,32+,33+/m0/s1. The van der Waals surface area contributed by atoms with Crippen LogP contribution in [0.1, 0.15) is 121 Å². The van der Waals surface area contributed by atoms with Crippen LogP contribution >= 0.6 is 0 Å². The van der Waals surface area contributed by atoms with Crippen molar-refractivity contribution in [3.63, 3.8) is 0 Å². The summed E-state index contributed by atoms with van der Waals surface area (Å²) in [6.07, 6.45) is 9.60. The lowest BCUT2D eigenvalue weighted by Crippen LogP contribution is -2.60. The van der Waals surface area contributed by atoms with Gasteiger partial charge in [-0.3, -0.25) is 4.79 Å². The molecule has 37 heavy (non-hydrogen) atoms. The number of hydrogen-bond acceptors (Lipinski definition) is 4. The fourth-order valence-corrected chi connectivity index (χ4v) is 9.22. The highest BCUT2D eigenvalue weighted by Crippen LogP contribution is 2.68. The second-order valence-electron chi connectivity index (χ2n) is 15.7. The SMILES string of the molecule is CC(=O)C[C@@H]1[C@@]2(C)C=C(C#N)C(=O)C(C)(C)[C@@H]2CC[C@@]1(C)C(C)(C)CC[C@@]1(CO)CCC(C)(C)CC1C. The zero-order valence-corrected chi connectivity index (χ0v) is 25.4. The average molecular weight is 512 g/mol. The first-order chi connectivity index (χ1) is 16.8. The van der Waals surface area contributed by atoms with Crippen LogP contribution in [-0.4, -0.2) is 23.3 Å². The highest BCUT2D eigenvalue weighted by atomic mass is 16.3. The van der Waals surface area contributed by atoms with Gasteiger partial charge in [-0.15, -0.1) is 0 Å². The van der Waals surface area contributed by atoms with Gasteiger partial charge in [-0.25, -0.2) is 0 Å². The van der Waals surface area contributed by atoms with Gasteiger partial charge >= 0.3 is 0 Å². The van der Waals surface area contributed by atoms with Gasteiger partial charge < -0.3 is 9.90 Å². The summed E-state index contributed by atoms with van der Waals surface area (Å²) in [5, 5.41) is 20.5. The van der Waals surface area contributed by atoms with E-state index in [0.717, 1.165) is 44.9 Å². The fourth-order valence-electron chi connectivity index (χ4n) is 9.22. The quantitative estimate of drug-likeness (QED) is 0.380. The fraction of sp³-hybridized carbons (Fsp3) is 0.848. The van der Waals surface area contributed by atoms with Gasteiger partial charge in [0.1, 0.15) is 11.9 Å². The number of nitrogens with zero attached hydrogens (tertiary/aromatic N) is 1. The molecule has 4 nitrogen and oxygen atoms in total. The summed E-state index contributed by atoms with van der Waals surface area (Å²) in [6.45, 7) is 22.2. The van der Waals surface area contributed by atoms with E-state index >= 15 is 0 Å². The molecule has 0 heterocycles. The number of Topliss-reactive ketones (excluding diaryl/α,β-unsaturated/α-hetero) is 2. The highest BCUT2D eigenvalue weighted by molar-refractivity contribution is 6.04. The first-order valence-corrected chi connectivity index (χ1v) is 14.6. The molecular formula is C33H53NO3. The second kappa shape index (κ2) is 9.62. The molecular weight excluding hydrogens is 458 g/mol. The third-order valence-electron chi connectivity index (χ3n) is 12.3. The first-order valence-electron chi connectivity index (χ1n) is 14.6. The predicted molar refractivity (Wildman–Crippen MR) is 150 cm³/mol. The molecule has 1 N–H and O–H groups in total. The molecule has 0 saturated heterocycles. The zero-order chi connectivity index (χ0) is 28.2. The molecule has 0 spiro atoms. The number of nitriles is 1. The molecule has 3 aliphatic rings. The van der Waals surface area contributed by atoms with Gasteiger partial charge in [0.15, 0.2) is 5.78 Å². The van der Waals surface area contributed by atoms with Crippen LogP contribution in [0.4, 0.5) is 0 Å². The third-order valence-corrected chi connectivity index (χ3v) is 12.3. The molecule has 1 unspecified atom stereocenters. The number of rotatable bonds is 7. The Morgan fingerprint density at radius 3 is 2.27 bits per heavy atom. The Labute approximate surface area is 226 Å². The van der Waals surface area contributed by atoms with E-state index in [1.807, 2.05) is 19.9 Å². The Bertz CT molecular complexity index is 998. The van der Waals surface area contributed by atoms with Gasteiger partial charge in [0, 0.05) is 18.4 Å². The molecule has 0 aromatic heterocycles. The van der Waals surface area contributed by atoms with Crippen LogP contribution in [0.3, 0.4) is 0 Å². The zero-order valence-electron chi connectivity index (χ0n) is 25.4. The molecule has 4 heteroatoms. The Morgan fingerprint density at radius 1 is 1.14 bits per heavy atom. The molecule has 0 bridgehead atoms. The molecule has 3 aliphatic carbocycles. The van der Waals surface area contributed by atoms with Crippen LogP contribution < -0.4 is 0 Å². The van der Waals surface area contributed by atoms with Crippen LogP contribution in [0.25, 0.3) is 0 Å². The Balaban J connectivity index is 2.01. The first kappa shape index (κ1) is 30.1. The number of carbonyl (C=O) groups excluding carboxylic acids is 2. The van der Waals surface area contributed by atoms with Crippen LogP contribution in [0.5, 0.6) is 0 Å². The number of aliphatic hydroxyl groups excluding tert-OH is 1. The van der Waals surface area contributed by atoms with Crippen molar-refractivity contribution < 1.29 is 14.7 Å². The molecule has 3 rings (SSSR count). The van der Waals surface area contributed by atoms with Crippen molar-refractivity contribution in [3.05, 3.63) is 11.6 Å². The van der Waals surface area contributed by atoms with Crippen LogP contribution in [0.15, 0.2) is 11.6 Å². The highest BCUT2D eigenvalue weighted by Gasteiger charge is 2.63. The molecule has 0 radical (unpaired) electrons. The smallest absolute Gasteiger partial charge is 0.178 e. The van der Waals surface area contributed by atoms with Gasteiger partial charge in [-0.05, 0) is 96.7 Å². The third kappa shape index (κ3) is 4.88. The Hall–Kier alpha value is -1.47. The molecule has 2 saturated carbocycles. The summed E-state index contributed by atoms with van der Waals surface area (Å²) in [5.41, 5.74) is -0.719. The van der Waals surface area contributed by atoms with Gasteiger partial charge in [0.2, 0.25) is 0 Å². The van der Waals surface area contributed by atoms with Crippen LogP contribution in [-0.2, 0) is 9.59 Å². The van der Waals surface area contributed by atoms with E-state index in [1.165, 1.54) is 0 Å². The van der Waals surface area contributed by atoms with Crippen molar-refractivity contribution in [2.45, 2.75) is 121 Å². The summed E-state index contributed by atoms with van der Waals surface area (Å²) >= 11 is 0. The predicted octanol–water partition coefficient (Wildman–Crippen LogP) is 7.69. The number of fused-ring (bicyclic) bond motifs is 1. The number of hydrogen-bond donors (Lipinski definition) is 1. The Kier molecular flexibility index (Phi) is 7.82. The number of carbonyl (C=O) groups is 2. The summed E-state index contributed by atoms with van der Waals surface area (Å²) < 4.78 is 0. The summed E-state index contributed by atoms with van der Waals surface area (Å²) in [6, 6.07) is 2.20. The van der Waals surface area contributed by atoms with E-state index in [9.17, 15) is 20.0 Å². The molecule has 6 atom stereocenters. The number of aliphatic hydroxyl groups is 1. The molecule has 0 aromatic carbocycles. The summed E-state index contributed by atoms with van der Waals surface area (Å²) in [7, 11) is 0. The lowest BCUT2D eigenvalue weighted by atomic mass is 9.39. The van der Waals surface area contributed by atoms with E-state index in [0.29, 0.717) is 17.8 Å². The van der Waals surface area contributed by atoms with Crippen molar-refractivity contribution >= 4 is 11.6 Å². The maximum Gasteiger partial charge on any atom is 0.178 e. The monoisotopic (exact) mass is 511 g/mol. The van der Waals surface area contributed by atoms with Crippen molar-refractivity contribution in [3.8, 4) is 6.07 Å². The minimum absolute atomic E-state index is 0.0368. The van der Waals surface area contributed by atoms with Gasteiger partial charge in [0.05, 0.1) is 5.57 Å². The largest absolute Gasteiger partial charge is 0.396 e. The molecule has 208 valence electrons. The van der Waals surface area contributed by atoms with Crippen molar-refractivity contribution in [1.29, 1.82) is 5.26 Å². The van der Waals surface area contributed by atoms with Crippen LogP contribution in [0, 0.1) is 61.6 Å². The van der Waals surface area contributed by atoms with E-state index in [-0.39, 0.29) is 51.8 Å². The minimum Gasteiger partial charge on any atom is -0.396 e. The van der Waals surface area contributed by atoms with Crippen molar-refractivity contribution in [2.24, 2.45) is 50.2 Å². The molecule has 0 aliphatic heterocycles. The topological polar surface area (TPSA) is 78.2 Å². The number of allylic oxidation sites excluding steroid dienone is 2. The number of ketones is 2. The van der Waals surface area contributed by atoms with Gasteiger partial charge in [-0.1, -0.05) is 68.4 Å². The Morgan fingerprint density at radius 2 is 1.76 bits per heavy atom. The van der Waals surface area contributed by atoms with Crippen molar-refractivity contribution in [1.82, 2.24) is 0 Å². The lowest BCUT2D eigenvalue weighted by Gasteiger charge is -2.64. The van der Waals surface area contributed by atoms with Crippen LogP contribution in [0.2, 0.25) is 0 Å². The minimum atomic E-state index is -0.625. The van der Waals surface area contributed by atoms with Gasteiger partial charge in [0.25, 0.3) is 0 Å². The summed E-state index contributed by atoms with van der Waals surface area (Å²) in [4.78, 5) is 25.9. The van der Waals surface area contributed by atoms with E-state index < -0.39 is 10.8 Å². The average Bonchev–Trinajstić information content (AvgIpc) is 2.78. The van der Waals surface area contributed by atoms with Crippen molar-refractivity contribution in [2.75, 3.05) is 6.61 Å². The molecule has 0 aromatic rings. The maximum atomic E-state index is 13.2. The second-order valence-corrected chi connectivity index (χ2v) is 15.7. The lowest BCUT2D eigenvalue weighted by molar-refractivity contribution is -0.157.